The van der Waals surface area contributed by atoms with Gasteiger partial charge in [0.25, 0.3) is 0 Å². The Balaban J connectivity index is 1.77. The maximum Gasteiger partial charge on any atom is 0.159 e. The van der Waals surface area contributed by atoms with E-state index >= 15 is 0 Å². The van der Waals surface area contributed by atoms with Gasteiger partial charge in [-0.1, -0.05) is 18.2 Å². The number of rotatable bonds is 3. The molecule has 0 N–H and O–H groups in total. The highest BCUT2D eigenvalue weighted by Gasteiger charge is 2.26. The number of hydrogen-bond acceptors (Lipinski definition) is 1. The maximum absolute atomic E-state index is 13.3. The van der Waals surface area contributed by atoms with Gasteiger partial charge in [0.2, 0.25) is 0 Å². The lowest BCUT2D eigenvalue weighted by molar-refractivity contribution is 0.248. The summed E-state index contributed by atoms with van der Waals surface area (Å²) in [5, 5.41) is 0. The monoisotopic (exact) mass is 291 g/mol. The van der Waals surface area contributed by atoms with Gasteiger partial charge in [-0.2, -0.15) is 0 Å². The van der Waals surface area contributed by atoms with Crippen LogP contribution in [0.4, 0.5) is 13.2 Å². The summed E-state index contributed by atoms with van der Waals surface area (Å²) in [6.45, 7) is 1.47. The van der Waals surface area contributed by atoms with E-state index in [1.807, 2.05) is 0 Å². The van der Waals surface area contributed by atoms with Crippen LogP contribution >= 0.6 is 0 Å². The summed E-state index contributed by atoms with van der Waals surface area (Å²) >= 11 is 0. The second-order valence-corrected chi connectivity index (χ2v) is 5.43. The quantitative estimate of drug-likeness (QED) is 0.808. The highest BCUT2D eigenvalue weighted by atomic mass is 19.2. The predicted molar refractivity (Wildman–Crippen MR) is 75.1 cm³/mol. The molecule has 0 aromatic heterocycles. The number of likely N-dealkylation sites (tertiary alicyclic amines) is 1. The molecule has 1 fully saturated rings. The number of hydrogen-bond donors (Lipinski definition) is 0. The SMILES string of the molecule is Fc1ccc(C2CCCN2Cc2ccc(F)c(F)c2)cc1. The van der Waals surface area contributed by atoms with E-state index < -0.39 is 11.6 Å². The van der Waals surface area contributed by atoms with E-state index in [-0.39, 0.29) is 11.9 Å². The van der Waals surface area contributed by atoms with Gasteiger partial charge in [-0.3, -0.25) is 4.90 Å². The minimum atomic E-state index is -0.824. The van der Waals surface area contributed by atoms with Crippen LogP contribution in [0.15, 0.2) is 42.5 Å². The van der Waals surface area contributed by atoms with Crippen LogP contribution < -0.4 is 0 Å². The third-order valence-electron chi connectivity index (χ3n) is 3.99. The lowest BCUT2D eigenvalue weighted by Gasteiger charge is -2.25. The summed E-state index contributed by atoms with van der Waals surface area (Å²) < 4.78 is 39.3. The van der Waals surface area contributed by atoms with E-state index in [9.17, 15) is 13.2 Å². The summed E-state index contributed by atoms with van der Waals surface area (Å²) in [7, 11) is 0. The zero-order valence-electron chi connectivity index (χ0n) is 11.5. The van der Waals surface area contributed by atoms with Gasteiger partial charge in [-0.25, -0.2) is 13.2 Å². The summed E-state index contributed by atoms with van der Waals surface area (Å²) in [5.74, 6) is -1.89. The van der Waals surface area contributed by atoms with Gasteiger partial charge < -0.3 is 0 Å². The van der Waals surface area contributed by atoms with Crippen LogP contribution in [0.5, 0.6) is 0 Å². The average molecular weight is 291 g/mol. The van der Waals surface area contributed by atoms with Gasteiger partial charge in [0, 0.05) is 12.6 Å². The van der Waals surface area contributed by atoms with Crippen LogP contribution in [-0.2, 0) is 6.54 Å². The Labute approximate surface area is 122 Å². The Morgan fingerprint density at radius 2 is 1.71 bits per heavy atom. The van der Waals surface area contributed by atoms with Crippen molar-refractivity contribution in [2.24, 2.45) is 0 Å². The number of nitrogens with zero attached hydrogens (tertiary/aromatic N) is 1. The van der Waals surface area contributed by atoms with E-state index in [4.69, 9.17) is 0 Å². The first-order chi connectivity index (χ1) is 10.1. The lowest BCUT2D eigenvalue weighted by Crippen LogP contribution is -2.22. The van der Waals surface area contributed by atoms with Crippen molar-refractivity contribution in [3.8, 4) is 0 Å². The average Bonchev–Trinajstić information content (AvgIpc) is 2.92. The second-order valence-electron chi connectivity index (χ2n) is 5.43. The first kappa shape index (κ1) is 14.1. The van der Waals surface area contributed by atoms with Crippen LogP contribution in [0.2, 0.25) is 0 Å². The molecule has 1 atom stereocenters. The Kier molecular flexibility index (Phi) is 3.97. The number of benzene rings is 2. The van der Waals surface area contributed by atoms with E-state index in [1.165, 1.54) is 18.2 Å². The molecule has 3 rings (SSSR count). The Morgan fingerprint density at radius 1 is 0.952 bits per heavy atom. The van der Waals surface area contributed by atoms with Gasteiger partial charge in [0.05, 0.1) is 0 Å². The Hall–Kier alpha value is -1.81. The summed E-state index contributed by atoms with van der Waals surface area (Å²) in [6.07, 6.45) is 2.04. The molecule has 1 nitrogen and oxygen atoms in total. The molecular weight excluding hydrogens is 275 g/mol. The fourth-order valence-electron chi connectivity index (χ4n) is 2.95. The third kappa shape index (κ3) is 3.10. The largest absolute Gasteiger partial charge is 0.292 e. The van der Waals surface area contributed by atoms with Crippen LogP contribution in [-0.4, -0.2) is 11.4 Å². The zero-order chi connectivity index (χ0) is 14.8. The molecule has 1 aliphatic heterocycles. The van der Waals surface area contributed by atoms with E-state index in [0.717, 1.165) is 36.6 Å². The summed E-state index contributed by atoms with van der Waals surface area (Å²) in [5.41, 5.74) is 1.82. The Bertz CT molecular complexity index is 624. The van der Waals surface area contributed by atoms with Crippen LogP contribution in [0, 0.1) is 17.5 Å². The van der Waals surface area contributed by atoms with Crippen molar-refractivity contribution in [1.29, 1.82) is 0 Å². The fourth-order valence-corrected chi connectivity index (χ4v) is 2.95. The Morgan fingerprint density at radius 3 is 2.43 bits per heavy atom. The van der Waals surface area contributed by atoms with E-state index in [2.05, 4.69) is 4.90 Å². The second kappa shape index (κ2) is 5.90. The molecule has 2 aromatic carbocycles. The summed E-state index contributed by atoms with van der Waals surface area (Å²) in [4.78, 5) is 2.22. The van der Waals surface area contributed by atoms with Crippen molar-refractivity contribution in [3.63, 3.8) is 0 Å². The van der Waals surface area contributed by atoms with Gasteiger partial charge in [-0.05, 0) is 54.8 Å². The first-order valence-corrected chi connectivity index (χ1v) is 7.07. The van der Waals surface area contributed by atoms with Gasteiger partial charge >= 0.3 is 0 Å². The van der Waals surface area contributed by atoms with Crippen molar-refractivity contribution < 1.29 is 13.2 Å². The number of halogens is 3. The molecule has 4 heteroatoms. The smallest absolute Gasteiger partial charge is 0.159 e. The van der Waals surface area contributed by atoms with E-state index in [0.29, 0.717) is 6.54 Å². The minimum absolute atomic E-state index is 0.207. The minimum Gasteiger partial charge on any atom is -0.292 e. The molecule has 0 bridgehead atoms. The van der Waals surface area contributed by atoms with Crippen molar-refractivity contribution >= 4 is 0 Å². The highest BCUT2D eigenvalue weighted by molar-refractivity contribution is 5.22. The molecule has 21 heavy (non-hydrogen) atoms. The molecule has 110 valence electrons. The first-order valence-electron chi connectivity index (χ1n) is 7.07. The molecule has 0 aliphatic carbocycles. The lowest BCUT2D eigenvalue weighted by atomic mass is 10.0. The fraction of sp³-hybridized carbons (Fsp3) is 0.294. The van der Waals surface area contributed by atoms with E-state index in [1.54, 1.807) is 18.2 Å². The van der Waals surface area contributed by atoms with Crippen molar-refractivity contribution in [1.82, 2.24) is 4.90 Å². The molecule has 0 spiro atoms. The van der Waals surface area contributed by atoms with Crippen LogP contribution in [0.25, 0.3) is 0 Å². The predicted octanol–water partition coefficient (Wildman–Crippen LogP) is 4.44. The molecule has 1 aliphatic rings. The molecule has 1 heterocycles. The maximum atomic E-state index is 13.3. The molecular formula is C17H16F3N. The zero-order valence-corrected chi connectivity index (χ0v) is 11.5. The molecule has 0 amide bonds. The molecule has 1 unspecified atom stereocenters. The van der Waals surface area contributed by atoms with Crippen LogP contribution in [0.3, 0.4) is 0 Å². The molecule has 2 aromatic rings. The van der Waals surface area contributed by atoms with Crippen LogP contribution in [0.1, 0.15) is 30.0 Å². The van der Waals surface area contributed by atoms with Gasteiger partial charge in [-0.15, -0.1) is 0 Å². The molecule has 1 saturated heterocycles. The summed E-state index contributed by atoms with van der Waals surface area (Å²) in [6, 6.07) is 10.7. The third-order valence-corrected chi connectivity index (χ3v) is 3.99. The van der Waals surface area contributed by atoms with Gasteiger partial charge in [0.15, 0.2) is 11.6 Å². The molecule has 0 radical (unpaired) electrons. The normalized spacial score (nSPS) is 19.1. The highest BCUT2D eigenvalue weighted by Crippen LogP contribution is 2.33. The molecule has 0 saturated carbocycles. The van der Waals surface area contributed by atoms with Crippen molar-refractivity contribution in [2.45, 2.75) is 25.4 Å². The topological polar surface area (TPSA) is 3.24 Å². The standard InChI is InChI=1S/C17H16F3N/c18-14-6-4-13(5-7-14)17-2-1-9-21(17)11-12-3-8-15(19)16(20)10-12/h3-8,10,17H,1-2,9,11H2. The van der Waals surface area contributed by atoms with Crippen molar-refractivity contribution in [3.05, 3.63) is 71.0 Å². The van der Waals surface area contributed by atoms with Crippen molar-refractivity contribution in [2.75, 3.05) is 6.54 Å². The van der Waals surface area contributed by atoms with Gasteiger partial charge in [0.1, 0.15) is 5.82 Å².